The van der Waals surface area contributed by atoms with E-state index in [4.69, 9.17) is 9.72 Å². The van der Waals surface area contributed by atoms with Crippen LogP contribution in [0.15, 0.2) is 30.3 Å². The second kappa shape index (κ2) is 8.08. The first-order valence-corrected chi connectivity index (χ1v) is 13.8. The van der Waals surface area contributed by atoms with Crippen LogP contribution in [0.2, 0.25) is 0 Å². The maximum atomic E-state index is 13.5. The predicted molar refractivity (Wildman–Crippen MR) is 137 cm³/mol. The van der Waals surface area contributed by atoms with Gasteiger partial charge in [0.2, 0.25) is 5.88 Å². The maximum Gasteiger partial charge on any atom is 0.272 e. The molecule has 9 nitrogen and oxygen atoms in total. The first kappa shape index (κ1) is 21.7. The number of nitrogens with zero attached hydrogens (tertiary/aromatic N) is 3. The molecule has 4 heterocycles. The average molecular weight is 501 g/mol. The molecule has 1 aromatic carbocycles. The Kier molecular flexibility index (Phi) is 4.75. The Hall–Kier alpha value is -3.33. The Morgan fingerprint density at radius 2 is 1.51 bits per heavy atom. The largest absolute Gasteiger partial charge is 0.477 e. The summed E-state index contributed by atoms with van der Waals surface area (Å²) in [5, 5.41) is 0. The predicted octanol–water partition coefficient (Wildman–Crippen LogP) is 3.10. The maximum absolute atomic E-state index is 13.5. The number of hydrazine groups is 2. The summed E-state index contributed by atoms with van der Waals surface area (Å²) >= 11 is 0. The number of aromatic nitrogens is 1. The minimum atomic E-state index is 0.0203. The fourth-order valence-corrected chi connectivity index (χ4v) is 6.98. The zero-order valence-corrected chi connectivity index (χ0v) is 20.8. The second-order valence-corrected chi connectivity index (χ2v) is 11.8. The fourth-order valence-electron chi connectivity index (χ4n) is 6.98. The highest BCUT2D eigenvalue weighted by Gasteiger charge is 2.59. The Morgan fingerprint density at radius 3 is 2.19 bits per heavy atom. The smallest absolute Gasteiger partial charge is 0.272 e. The number of nitrogens with one attached hydrogen (secondary N) is 3. The second-order valence-electron chi connectivity index (χ2n) is 11.8. The Balaban J connectivity index is 0.930. The summed E-state index contributed by atoms with van der Waals surface area (Å²) in [6.07, 6.45) is 4.84. The summed E-state index contributed by atoms with van der Waals surface area (Å²) < 4.78 is 6.10. The fraction of sp³-hybridized carbons (Fsp3) is 0.536. The molecular formula is C28H32N6O3. The van der Waals surface area contributed by atoms with Crippen LogP contribution in [-0.2, 0) is 0 Å². The summed E-state index contributed by atoms with van der Waals surface area (Å²) in [7, 11) is 0. The van der Waals surface area contributed by atoms with Gasteiger partial charge < -0.3 is 25.4 Å². The highest BCUT2D eigenvalue weighted by atomic mass is 16.5. The molecule has 3 saturated carbocycles. The highest BCUT2D eigenvalue weighted by molar-refractivity contribution is 5.97. The van der Waals surface area contributed by atoms with E-state index in [1.807, 2.05) is 34.1 Å². The lowest BCUT2D eigenvalue weighted by molar-refractivity contribution is 0.0629. The van der Waals surface area contributed by atoms with Crippen LogP contribution in [0.25, 0.3) is 0 Å². The van der Waals surface area contributed by atoms with Crippen molar-refractivity contribution in [1.29, 1.82) is 0 Å². The van der Waals surface area contributed by atoms with E-state index in [-0.39, 0.29) is 11.8 Å². The van der Waals surface area contributed by atoms with E-state index >= 15 is 0 Å². The van der Waals surface area contributed by atoms with Crippen LogP contribution in [0.5, 0.6) is 5.88 Å². The van der Waals surface area contributed by atoms with Crippen molar-refractivity contribution in [1.82, 2.24) is 20.3 Å². The molecule has 1 aromatic heterocycles. The van der Waals surface area contributed by atoms with E-state index in [2.05, 4.69) is 22.5 Å². The van der Waals surface area contributed by atoms with Crippen molar-refractivity contribution in [2.24, 2.45) is 29.6 Å². The van der Waals surface area contributed by atoms with E-state index in [1.165, 1.54) is 31.2 Å². The van der Waals surface area contributed by atoms with Crippen molar-refractivity contribution >= 4 is 23.2 Å². The van der Waals surface area contributed by atoms with Gasteiger partial charge in [-0.15, -0.1) is 5.53 Å². The molecule has 9 heteroatoms. The third kappa shape index (κ3) is 3.66. The van der Waals surface area contributed by atoms with Gasteiger partial charge in [-0.1, -0.05) is 6.07 Å². The van der Waals surface area contributed by atoms with Crippen LogP contribution in [0, 0.1) is 29.6 Å². The molecule has 2 amide bonds. The van der Waals surface area contributed by atoms with Crippen molar-refractivity contribution in [3.63, 3.8) is 0 Å². The summed E-state index contributed by atoms with van der Waals surface area (Å²) in [5.74, 6) is 3.89. The third-order valence-electron chi connectivity index (χ3n) is 9.44. The Bertz CT molecular complexity index is 1270. The van der Waals surface area contributed by atoms with Gasteiger partial charge >= 0.3 is 0 Å². The number of carbonyl (C=O) groups excluding carboxylic acids is 2. The SMILES string of the molecule is O=C(c1ccc2c(c1)NNN2)N1C[C@@H]2C3CN(C(=O)c4ccc(C5CC5)c(OCC5CC5)n4)CC3[C@@H]2C1. The number of rotatable bonds is 6. The summed E-state index contributed by atoms with van der Waals surface area (Å²) in [6.45, 7) is 3.79. The summed E-state index contributed by atoms with van der Waals surface area (Å²) in [4.78, 5) is 35.4. The van der Waals surface area contributed by atoms with Gasteiger partial charge in [0.15, 0.2) is 0 Å². The van der Waals surface area contributed by atoms with Crippen LogP contribution < -0.4 is 21.1 Å². The molecule has 4 atom stereocenters. The van der Waals surface area contributed by atoms with E-state index in [1.54, 1.807) is 0 Å². The zero-order chi connectivity index (χ0) is 24.7. The molecule has 3 aliphatic heterocycles. The molecule has 2 unspecified atom stereocenters. The molecule has 0 radical (unpaired) electrons. The van der Waals surface area contributed by atoms with Crippen LogP contribution >= 0.6 is 0 Å². The number of amides is 2. The van der Waals surface area contributed by atoms with Gasteiger partial charge in [0.1, 0.15) is 5.69 Å². The number of hydrogen-bond acceptors (Lipinski definition) is 7. The number of pyridine rings is 1. The Labute approximate surface area is 215 Å². The van der Waals surface area contributed by atoms with E-state index in [9.17, 15) is 9.59 Å². The lowest BCUT2D eigenvalue weighted by atomic mass is 9.60. The first-order chi connectivity index (χ1) is 18.1. The van der Waals surface area contributed by atoms with Crippen LogP contribution in [-0.4, -0.2) is 59.4 Å². The number of benzene rings is 1. The van der Waals surface area contributed by atoms with Gasteiger partial charge in [-0.05, 0) is 85.5 Å². The molecule has 192 valence electrons. The highest BCUT2D eigenvalue weighted by Crippen LogP contribution is 2.54. The number of likely N-dealkylation sites (tertiary alicyclic amines) is 2. The molecule has 3 aliphatic carbocycles. The van der Waals surface area contributed by atoms with Gasteiger partial charge in [0.25, 0.3) is 11.8 Å². The molecule has 5 fully saturated rings. The normalized spacial score (nSPS) is 29.1. The van der Waals surface area contributed by atoms with E-state index < -0.39 is 0 Å². The molecule has 8 rings (SSSR count). The van der Waals surface area contributed by atoms with Gasteiger partial charge in [-0.3, -0.25) is 9.59 Å². The monoisotopic (exact) mass is 500 g/mol. The van der Waals surface area contributed by atoms with E-state index in [0.717, 1.165) is 37.6 Å². The van der Waals surface area contributed by atoms with Crippen molar-refractivity contribution < 1.29 is 14.3 Å². The number of ether oxygens (including phenoxy) is 1. The third-order valence-corrected chi connectivity index (χ3v) is 9.44. The van der Waals surface area contributed by atoms with Crippen molar-refractivity contribution in [3.8, 4) is 5.88 Å². The lowest BCUT2D eigenvalue weighted by Gasteiger charge is -2.42. The molecule has 0 spiro atoms. The number of hydrogen-bond donors (Lipinski definition) is 3. The van der Waals surface area contributed by atoms with Crippen molar-refractivity contribution in [3.05, 3.63) is 47.2 Å². The molecule has 37 heavy (non-hydrogen) atoms. The summed E-state index contributed by atoms with van der Waals surface area (Å²) in [5.41, 5.74) is 13.1. The molecule has 3 N–H and O–H groups in total. The topological polar surface area (TPSA) is 98.8 Å². The molecule has 6 aliphatic rings. The van der Waals surface area contributed by atoms with Gasteiger partial charge in [-0.2, -0.15) is 0 Å². The molecule has 2 aromatic rings. The molecule has 2 saturated heterocycles. The van der Waals surface area contributed by atoms with Gasteiger partial charge in [-0.25, -0.2) is 4.98 Å². The van der Waals surface area contributed by atoms with Crippen molar-refractivity contribution in [2.45, 2.75) is 31.6 Å². The lowest BCUT2D eigenvalue weighted by Crippen LogP contribution is -2.44. The minimum absolute atomic E-state index is 0.0203. The van der Waals surface area contributed by atoms with Crippen LogP contribution in [0.3, 0.4) is 0 Å². The molecular weight excluding hydrogens is 468 g/mol. The number of carbonyl (C=O) groups is 2. The van der Waals surface area contributed by atoms with E-state index in [0.29, 0.717) is 59.3 Å². The Morgan fingerprint density at radius 1 is 0.838 bits per heavy atom. The minimum Gasteiger partial charge on any atom is -0.477 e. The quantitative estimate of drug-likeness (QED) is 0.561. The van der Waals surface area contributed by atoms with Crippen LogP contribution in [0.1, 0.15) is 58.0 Å². The van der Waals surface area contributed by atoms with Gasteiger partial charge in [0.05, 0.1) is 18.0 Å². The van der Waals surface area contributed by atoms with Crippen LogP contribution in [0.4, 0.5) is 11.4 Å². The standard InChI is InChI=1S/C28H32N6O3/c35-27(17-5-7-23-25(9-17)31-32-30-23)33-10-19-20(11-33)22-13-34(12-21(19)22)28(36)24-8-6-18(16-3-4-16)26(29-24)37-14-15-1-2-15/h5-9,15-16,19-22,30-32H,1-4,10-14H2/t19-,20+,21?,22?. The summed E-state index contributed by atoms with van der Waals surface area (Å²) in [6, 6.07) is 9.68. The van der Waals surface area contributed by atoms with Gasteiger partial charge in [0, 0.05) is 37.3 Å². The van der Waals surface area contributed by atoms with Crippen molar-refractivity contribution in [2.75, 3.05) is 43.6 Å². The number of fused-ring (bicyclic) bond motifs is 5. The average Bonchev–Trinajstić information content (AvgIpc) is 3.82. The zero-order valence-electron chi connectivity index (χ0n) is 20.8. The number of anilines is 2. The molecule has 0 bridgehead atoms. The first-order valence-electron chi connectivity index (χ1n) is 13.8.